The number of nitrogens with zero attached hydrogens (tertiary/aromatic N) is 2. The number of aliphatic imine (C=N–C) groups is 1. The zero-order valence-corrected chi connectivity index (χ0v) is 15.7. The van der Waals surface area contributed by atoms with Gasteiger partial charge in [-0.05, 0) is 38.0 Å². The smallest absolute Gasteiger partial charge is 0.225 e. The van der Waals surface area contributed by atoms with Gasteiger partial charge in [-0.15, -0.1) is 0 Å². The molecule has 0 aliphatic carbocycles. The van der Waals surface area contributed by atoms with E-state index >= 15 is 0 Å². The van der Waals surface area contributed by atoms with E-state index in [4.69, 9.17) is 0 Å². The number of likely N-dealkylation sites (tertiary alicyclic amines) is 1. The van der Waals surface area contributed by atoms with E-state index in [1.165, 1.54) is 6.07 Å². The number of carbonyl (C=O) groups excluding carboxylic acids is 1. The second-order valence-corrected chi connectivity index (χ2v) is 6.83. The van der Waals surface area contributed by atoms with Gasteiger partial charge in [-0.2, -0.15) is 0 Å². The largest absolute Gasteiger partial charge is 0.357 e. The van der Waals surface area contributed by atoms with Crippen LogP contribution in [0.5, 0.6) is 0 Å². The summed E-state index contributed by atoms with van der Waals surface area (Å²) in [6, 6.07) is 3.57. The highest BCUT2D eigenvalue weighted by Gasteiger charge is 2.24. The Morgan fingerprint density at radius 1 is 1.31 bits per heavy atom. The summed E-state index contributed by atoms with van der Waals surface area (Å²) in [5.41, 5.74) is 0.222. The third kappa shape index (κ3) is 5.68. The number of hydrogen-bond acceptors (Lipinski definition) is 2. The second-order valence-electron chi connectivity index (χ2n) is 6.83. The topological polar surface area (TPSA) is 56.7 Å². The number of nitrogens with one attached hydrogen (secondary N) is 2. The molecule has 26 heavy (non-hydrogen) atoms. The van der Waals surface area contributed by atoms with Crippen molar-refractivity contribution in [2.24, 2.45) is 10.9 Å². The number of benzene rings is 1. The lowest BCUT2D eigenvalue weighted by Crippen LogP contribution is -2.50. The van der Waals surface area contributed by atoms with Gasteiger partial charge in [-0.25, -0.2) is 13.8 Å². The number of carbonyl (C=O) groups is 1. The molecule has 0 bridgehead atoms. The van der Waals surface area contributed by atoms with Crippen LogP contribution in [0.4, 0.5) is 8.78 Å². The van der Waals surface area contributed by atoms with Gasteiger partial charge in [0.25, 0.3) is 0 Å². The highest BCUT2D eigenvalue weighted by Crippen LogP contribution is 2.14. The van der Waals surface area contributed by atoms with E-state index < -0.39 is 11.6 Å². The monoisotopic (exact) mass is 366 g/mol. The molecule has 0 atom stereocenters. The minimum absolute atomic E-state index is 0.0135. The Kier molecular flexibility index (Phi) is 7.36. The molecule has 0 radical (unpaired) electrons. The number of amides is 1. The maximum absolute atomic E-state index is 13.7. The van der Waals surface area contributed by atoms with E-state index in [1.807, 2.05) is 25.7 Å². The van der Waals surface area contributed by atoms with Crippen LogP contribution in [-0.4, -0.2) is 42.4 Å². The average molecular weight is 366 g/mol. The third-order valence-electron chi connectivity index (χ3n) is 4.40. The first-order chi connectivity index (χ1) is 12.4. The summed E-state index contributed by atoms with van der Waals surface area (Å²) in [7, 11) is 0. The van der Waals surface area contributed by atoms with Crippen molar-refractivity contribution in [2.75, 3.05) is 19.6 Å². The SMILES string of the molecule is CCNC(=NCc1cc(F)ccc1F)NC1CCN(C(=O)C(C)C)CC1. The lowest BCUT2D eigenvalue weighted by atomic mass is 10.0. The molecule has 1 aromatic rings. The fourth-order valence-corrected chi connectivity index (χ4v) is 2.95. The Labute approximate surface area is 153 Å². The molecule has 1 fully saturated rings. The van der Waals surface area contributed by atoms with E-state index in [1.54, 1.807) is 0 Å². The predicted molar refractivity (Wildman–Crippen MR) is 98.7 cm³/mol. The molecule has 144 valence electrons. The molecule has 5 nitrogen and oxygen atoms in total. The summed E-state index contributed by atoms with van der Waals surface area (Å²) in [4.78, 5) is 18.3. The van der Waals surface area contributed by atoms with E-state index in [0.29, 0.717) is 25.6 Å². The molecule has 1 aliphatic rings. The van der Waals surface area contributed by atoms with Crippen LogP contribution >= 0.6 is 0 Å². The summed E-state index contributed by atoms with van der Waals surface area (Å²) in [5, 5.41) is 6.46. The molecule has 1 aliphatic heterocycles. The number of piperidine rings is 1. The minimum Gasteiger partial charge on any atom is -0.357 e. The molecule has 1 heterocycles. The van der Waals surface area contributed by atoms with Crippen molar-refractivity contribution in [2.45, 2.75) is 46.2 Å². The Morgan fingerprint density at radius 2 is 2.00 bits per heavy atom. The highest BCUT2D eigenvalue weighted by molar-refractivity contribution is 5.80. The number of rotatable bonds is 5. The van der Waals surface area contributed by atoms with E-state index in [2.05, 4.69) is 15.6 Å². The van der Waals surface area contributed by atoms with Crippen molar-refractivity contribution in [1.82, 2.24) is 15.5 Å². The molecule has 1 amide bonds. The number of halogens is 2. The maximum Gasteiger partial charge on any atom is 0.225 e. The van der Waals surface area contributed by atoms with Gasteiger partial charge in [0, 0.05) is 37.2 Å². The van der Waals surface area contributed by atoms with E-state index in [-0.39, 0.29) is 30.0 Å². The van der Waals surface area contributed by atoms with Gasteiger partial charge in [-0.3, -0.25) is 4.79 Å². The fraction of sp³-hybridized carbons (Fsp3) is 0.579. The molecule has 0 unspecified atom stereocenters. The Hall–Kier alpha value is -2.18. The molecule has 2 N–H and O–H groups in total. The van der Waals surface area contributed by atoms with Crippen LogP contribution in [0, 0.1) is 17.6 Å². The van der Waals surface area contributed by atoms with Crippen LogP contribution in [0.3, 0.4) is 0 Å². The zero-order chi connectivity index (χ0) is 19.1. The van der Waals surface area contributed by atoms with Gasteiger partial charge >= 0.3 is 0 Å². The van der Waals surface area contributed by atoms with Gasteiger partial charge in [0.15, 0.2) is 5.96 Å². The predicted octanol–water partition coefficient (Wildman–Crippen LogP) is 2.67. The van der Waals surface area contributed by atoms with Gasteiger partial charge in [0.1, 0.15) is 11.6 Å². The molecular formula is C19H28F2N4O. The molecule has 0 aromatic heterocycles. The first-order valence-corrected chi connectivity index (χ1v) is 9.18. The third-order valence-corrected chi connectivity index (χ3v) is 4.40. The minimum atomic E-state index is -0.475. The lowest BCUT2D eigenvalue weighted by molar-refractivity contribution is -0.135. The van der Waals surface area contributed by atoms with Crippen LogP contribution in [0.2, 0.25) is 0 Å². The molecule has 0 saturated carbocycles. The summed E-state index contributed by atoms with van der Waals surface area (Å²) in [6.45, 7) is 7.93. The summed E-state index contributed by atoms with van der Waals surface area (Å²) in [6.07, 6.45) is 1.66. The maximum atomic E-state index is 13.7. The van der Waals surface area contributed by atoms with Gasteiger partial charge < -0.3 is 15.5 Å². The van der Waals surface area contributed by atoms with E-state index in [0.717, 1.165) is 25.0 Å². The Bertz CT molecular complexity index is 640. The second kappa shape index (κ2) is 9.50. The van der Waals surface area contributed by atoms with Crippen molar-refractivity contribution >= 4 is 11.9 Å². The summed E-state index contributed by atoms with van der Waals surface area (Å²) >= 11 is 0. The first kappa shape index (κ1) is 20.1. The van der Waals surface area contributed by atoms with Crippen molar-refractivity contribution in [3.8, 4) is 0 Å². The molecule has 2 rings (SSSR count). The highest BCUT2D eigenvalue weighted by atomic mass is 19.1. The van der Waals surface area contributed by atoms with Crippen LogP contribution in [0.25, 0.3) is 0 Å². The Morgan fingerprint density at radius 3 is 2.62 bits per heavy atom. The van der Waals surface area contributed by atoms with Crippen LogP contribution in [0.15, 0.2) is 23.2 Å². The first-order valence-electron chi connectivity index (χ1n) is 9.18. The quantitative estimate of drug-likeness (QED) is 0.622. The lowest BCUT2D eigenvalue weighted by Gasteiger charge is -2.34. The summed E-state index contributed by atoms with van der Waals surface area (Å²) < 4.78 is 27.0. The number of hydrogen-bond donors (Lipinski definition) is 2. The Balaban J connectivity index is 1.94. The number of guanidine groups is 1. The van der Waals surface area contributed by atoms with Crippen LogP contribution < -0.4 is 10.6 Å². The molecule has 0 spiro atoms. The molecule has 7 heteroatoms. The van der Waals surface area contributed by atoms with Crippen molar-refractivity contribution < 1.29 is 13.6 Å². The van der Waals surface area contributed by atoms with Crippen molar-refractivity contribution in [3.63, 3.8) is 0 Å². The molecular weight excluding hydrogens is 338 g/mol. The zero-order valence-electron chi connectivity index (χ0n) is 15.7. The standard InChI is InChI=1S/C19H28F2N4O/c1-4-22-19(23-12-14-11-15(20)5-6-17(14)21)24-16-7-9-25(10-8-16)18(26)13(2)3/h5-6,11,13,16H,4,7-10,12H2,1-3H3,(H2,22,23,24). The van der Waals surface area contributed by atoms with Crippen LogP contribution in [-0.2, 0) is 11.3 Å². The normalized spacial score (nSPS) is 16.1. The van der Waals surface area contributed by atoms with Gasteiger partial charge in [0.2, 0.25) is 5.91 Å². The summed E-state index contributed by atoms with van der Waals surface area (Å²) in [5.74, 6) is -0.168. The molecule has 1 saturated heterocycles. The molecule has 1 aromatic carbocycles. The fourth-order valence-electron chi connectivity index (χ4n) is 2.95. The van der Waals surface area contributed by atoms with Crippen LogP contribution in [0.1, 0.15) is 39.2 Å². The van der Waals surface area contributed by atoms with E-state index in [9.17, 15) is 13.6 Å². The average Bonchev–Trinajstić information content (AvgIpc) is 2.62. The van der Waals surface area contributed by atoms with Crippen molar-refractivity contribution in [1.29, 1.82) is 0 Å². The van der Waals surface area contributed by atoms with Gasteiger partial charge in [0.05, 0.1) is 6.54 Å². The van der Waals surface area contributed by atoms with Gasteiger partial charge in [-0.1, -0.05) is 13.8 Å². The van der Waals surface area contributed by atoms with Crippen molar-refractivity contribution in [3.05, 3.63) is 35.4 Å².